The summed E-state index contributed by atoms with van der Waals surface area (Å²) in [6, 6.07) is 8.08. The minimum absolute atomic E-state index is 0.0828. The third-order valence-corrected chi connectivity index (χ3v) is 9.95. The van der Waals surface area contributed by atoms with Gasteiger partial charge >= 0.3 is 11.9 Å². The number of ketones is 1. The highest BCUT2D eigenvalue weighted by molar-refractivity contribution is 5.94. The zero-order valence-electron chi connectivity index (χ0n) is 22.7. The molecule has 9 atom stereocenters. The molecule has 1 aromatic rings. The van der Waals surface area contributed by atoms with Crippen molar-refractivity contribution in [2.45, 2.75) is 89.2 Å². The van der Waals surface area contributed by atoms with E-state index in [1.165, 1.54) is 26.0 Å². The summed E-state index contributed by atoms with van der Waals surface area (Å²) in [5.74, 6) is -3.60. The van der Waals surface area contributed by atoms with Crippen LogP contribution in [0.5, 0.6) is 0 Å². The van der Waals surface area contributed by atoms with Crippen LogP contribution in [-0.4, -0.2) is 86.5 Å². The molecule has 0 amide bonds. The van der Waals surface area contributed by atoms with Crippen molar-refractivity contribution in [2.75, 3.05) is 6.61 Å². The minimum atomic E-state index is -2.07. The second-order valence-corrected chi connectivity index (χ2v) is 12.2. The Hall–Kier alpha value is -2.63. The van der Waals surface area contributed by atoms with E-state index in [0.717, 1.165) is 0 Å². The van der Waals surface area contributed by atoms with E-state index in [1.54, 1.807) is 39.0 Å². The van der Waals surface area contributed by atoms with Crippen LogP contribution in [0.1, 0.15) is 57.8 Å². The van der Waals surface area contributed by atoms with Crippen LogP contribution in [-0.2, 0) is 23.8 Å². The van der Waals surface area contributed by atoms with Crippen molar-refractivity contribution in [2.24, 2.45) is 16.7 Å². The molecule has 212 valence electrons. The van der Waals surface area contributed by atoms with Crippen LogP contribution < -0.4 is 0 Å². The standard InChI is InChI=1S/C29H36O10/c1-14-17(31)12-29(36)24(38-25(35)16-9-7-6-8-10-16)22-27(5,23(34)21(33)20(14)26(29,3)4)18(32)11-19-28(22,13-37-19)39-15(2)30/h6-10,17-19,21-22,24,31-33,36H,11-13H2,1-5H3/t17?,18-,19+,21+,22-,24-,27+,28-,29+/m0/s1. The van der Waals surface area contributed by atoms with Gasteiger partial charge in [-0.25, -0.2) is 4.79 Å². The van der Waals surface area contributed by atoms with Crippen molar-refractivity contribution >= 4 is 17.7 Å². The molecule has 3 fully saturated rings. The molecule has 39 heavy (non-hydrogen) atoms. The summed E-state index contributed by atoms with van der Waals surface area (Å²) in [6.07, 6.45) is -7.26. The first-order valence-corrected chi connectivity index (χ1v) is 13.2. The molecule has 10 heteroatoms. The highest BCUT2D eigenvalue weighted by Gasteiger charge is 2.77. The molecule has 10 nitrogen and oxygen atoms in total. The SMILES string of the molecule is CC(=O)O[C@@]12CO[C@@H]1C[C@H](O)[C@@]1(C)C(=O)[C@H](O)C3=C(C)C(O)C[C@@](O)([C@@H](OC(=O)c4ccccc4)[C@H]21)C3(C)C. The number of ether oxygens (including phenoxy) is 3. The van der Waals surface area contributed by atoms with Gasteiger partial charge in [-0.05, 0) is 37.1 Å². The fourth-order valence-corrected chi connectivity index (χ4v) is 7.66. The Morgan fingerprint density at radius 1 is 1.08 bits per heavy atom. The van der Waals surface area contributed by atoms with Crippen molar-refractivity contribution < 1.29 is 49.0 Å². The number of Topliss-reactive ketones (excluding diaryl/α,β-unsaturated/α-hetero) is 1. The normalized spacial score (nSPS) is 42.7. The van der Waals surface area contributed by atoms with E-state index in [1.807, 2.05) is 0 Å². The average Bonchev–Trinajstić information content (AvgIpc) is 2.87. The second kappa shape index (κ2) is 8.94. The molecule has 0 aromatic heterocycles. The van der Waals surface area contributed by atoms with Gasteiger partial charge in [0.15, 0.2) is 11.4 Å². The quantitative estimate of drug-likeness (QED) is 0.320. The fourth-order valence-electron chi connectivity index (χ4n) is 7.66. The first-order chi connectivity index (χ1) is 18.1. The molecule has 0 radical (unpaired) electrons. The highest BCUT2D eigenvalue weighted by Crippen LogP contribution is 2.63. The Bertz CT molecular complexity index is 1240. The molecule has 4 N–H and O–H groups in total. The summed E-state index contributed by atoms with van der Waals surface area (Å²) in [5.41, 5.74) is -6.24. The van der Waals surface area contributed by atoms with Crippen molar-refractivity contribution in [3.8, 4) is 0 Å². The number of fused-ring (bicyclic) bond motifs is 5. The van der Waals surface area contributed by atoms with E-state index >= 15 is 0 Å². The van der Waals surface area contributed by atoms with E-state index in [-0.39, 0.29) is 30.6 Å². The monoisotopic (exact) mass is 544 g/mol. The smallest absolute Gasteiger partial charge is 0.338 e. The van der Waals surface area contributed by atoms with Crippen molar-refractivity contribution in [3.63, 3.8) is 0 Å². The first-order valence-electron chi connectivity index (χ1n) is 13.2. The van der Waals surface area contributed by atoms with E-state index in [9.17, 15) is 34.8 Å². The Labute approximate surface area is 226 Å². The van der Waals surface area contributed by atoms with Crippen molar-refractivity contribution in [1.82, 2.24) is 0 Å². The van der Waals surface area contributed by atoms with Gasteiger partial charge in [0.2, 0.25) is 0 Å². The van der Waals surface area contributed by atoms with Crippen LogP contribution in [0.3, 0.4) is 0 Å². The Morgan fingerprint density at radius 2 is 1.72 bits per heavy atom. The van der Waals surface area contributed by atoms with Crippen molar-refractivity contribution in [3.05, 3.63) is 47.0 Å². The van der Waals surface area contributed by atoms with Gasteiger partial charge in [0.25, 0.3) is 0 Å². The van der Waals surface area contributed by atoms with Crippen LogP contribution in [0.25, 0.3) is 0 Å². The van der Waals surface area contributed by atoms with Gasteiger partial charge in [0, 0.05) is 25.2 Å². The average molecular weight is 545 g/mol. The number of hydrogen-bond donors (Lipinski definition) is 4. The van der Waals surface area contributed by atoms with Gasteiger partial charge in [0.1, 0.15) is 23.9 Å². The van der Waals surface area contributed by atoms with E-state index in [2.05, 4.69) is 0 Å². The number of benzene rings is 1. The Kier molecular flexibility index (Phi) is 6.40. The van der Waals surface area contributed by atoms with Gasteiger partial charge in [0.05, 0.1) is 35.7 Å². The van der Waals surface area contributed by atoms with Gasteiger partial charge in [-0.1, -0.05) is 32.0 Å². The Balaban J connectivity index is 1.81. The summed E-state index contributed by atoms with van der Waals surface area (Å²) in [5, 5.41) is 46.7. The number of esters is 2. The maximum absolute atomic E-state index is 14.3. The van der Waals surface area contributed by atoms with Crippen LogP contribution in [0.2, 0.25) is 0 Å². The number of carbonyl (C=O) groups excluding carboxylic acids is 3. The number of aliphatic hydroxyl groups excluding tert-OH is 3. The van der Waals surface area contributed by atoms with Crippen LogP contribution in [0.4, 0.5) is 0 Å². The number of aliphatic hydroxyl groups is 4. The van der Waals surface area contributed by atoms with Gasteiger partial charge < -0.3 is 34.6 Å². The number of hydrogen-bond acceptors (Lipinski definition) is 10. The fraction of sp³-hybridized carbons (Fsp3) is 0.621. The summed E-state index contributed by atoms with van der Waals surface area (Å²) in [7, 11) is 0. The predicted octanol–water partition coefficient (Wildman–Crippen LogP) is 1.08. The third kappa shape index (κ3) is 3.62. The second-order valence-electron chi connectivity index (χ2n) is 12.2. The summed E-state index contributed by atoms with van der Waals surface area (Å²) >= 11 is 0. The molecule has 1 unspecified atom stereocenters. The molecule has 1 aromatic carbocycles. The molecule has 2 bridgehead atoms. The first kappa shape index (κ1) is 27.9. The maximum atomic E-state index is 14.3. The lowest BCUT2D eigenvalue weighted by molar-refractivity contribution is -0.345. The van der Waals surface area contributed by atoms with Gasteiger partial charge in [-0.3, -0.25) is 9.59 Å². The molecule has 1 saturated heterocycles. The molecule has 1 heterocycles. The number of rotatable bonds is 3. The largest absolute Gasteiger partial charge is 0.455 e. The Morgan fingerprint density at radius 3 is 2.28 bits per heavy atom. The molecular weight excluding hydrogens is 508 g/mol. The topological polar surface area (TPSA) is 160 Å². The third-order valence-electron chi connectivity index (χ3n) is 9.95. The molecule has 0 spiro atoms. The van der Waals surface area contributed by atoms with E-state index in [0.29, 0.717) is 5.57 Å². The van der Waals surface area contributed by atoms with Crippen LogP contribution in [0, 0.1) is 16.7 Å². The lowest BCUT2D eigenvalue weighted by Crippen LogP contribution is -2.81. The lowest BCUT2D eigenvalue weighted by Gasteiger charge is -2.67. The lowest BCUT2D eigenvalue weighted by atomic mass is 9.44. The van der Waals surface area contributed by atoms with Gasteiger partial charge in [-0.15, -0.1) is 0 Å². The minimum Gasteiger partial charge on any atom is -0.455 e. The van der Waals surface area contributed by atoms with Crippen LogP contribution in [0.15, 0.2) is 41.5 Å². The predicted molar refractivity (Wildman–Crippen MR) is 135 cm³/mol. The van der Waals surface area contributed by atoms with Gasteiger partial charge in [-0.2, -0.15) is 0 Å². The van der Waals surface area contributed by atoms with Crippen molar-refractivity contribution in [1.29, 1.82) is 0 Å². The molecule has 5 rings (SSSR count). The molecule has 1 aliphatic heterocycles. The molecule has 4 aliphatic rings. The highest BCUT2D eigenvalue weighted by atomic mass is 16.6. The molecule has 3 aliphatic carbocycles. The summed E-state index contributed by atoms with van der Waals surface area (Å²) in [4.78, 5) is 40.3. The van der Waals surface area contributed by atoms with E-state index < -0.39 is 76.2 Å². The molecule has 2 saturated carbocycles. The van der Waals surface area contributed by atoms with Crippen LogP contribution >= 0.6 is 0 Å². The molecular formula is C29H36O10. The number of carbonyl (C=O) groups is 3. The summed E-state index contributed by atoms with van der Waals surface area (Å²) < 4.78 is 17.7. The zero-order chi connectivity index (χ0) is 28.7. The van der Waals surface area contributed by atoms with E-state index in [4.69, 9.17) is 14.2 Å². The maximum Gasteiger partial charge on any atom is 0.338 e. The zero-order valence-corrected chi connectivity index (χ0v) is 22.7. The summed E-state index contributed by atoms with van der Waals surface area (Å²) in [6.45, 7) is 7.29.